The van der Waals surface area contributed by atoms with Crippen molar-refractivity contribution in [3.05, 3.63) is 34.9 Å². The number of aromatic carboxylic acids is 1. The average Bonchev–Trinajstić information content (AvgIpc) is 2.55. The molecule has 0 fully saturated rings. The van der Waals surface area contributed by atoms with Crippen LogP contribution in [0.25, 0.3) is 10.9 Å². The molecular weight excluding hydrogens is 186 g/mol. The number of rotatable bonds is 2. The van der Waals surface area contributed by atoms with Crippen LogP contribution in [-0.2, 0) is 0 Å². The van der Waals surface area contributed by atoms with Crippen LogP contribution in [0, 0.1) is 4.91 Å². The van der Waals surface area contributed by atoms with Gasteiger partial charge in [0.15, 0.2) is 5.69 Å². The molecular formula is C8H5N3O3. The maximum Gasteiger partial charge on any atom is 0.357 e. The van der Waals surface area contributed by atoms with Crippen LogP contribution >= 0.6 is 0 Å². The van der Waals surface area contributed by atoms with Gasteiger partial charge in [0.1, 0.15) is 0 Å². The van der Waals surface area contributed by atoms with Crippen molar-refractivity contribution in [2.24, 2.45) is 5.29 Å². The van der Waals surface area contributed by atoms with Gasteiger partial charge >= 0.3 is 5.97 Å². The van der Waals surface area contributed by atoms with Crippen molar-refractivity contribution < 1.29 is 9.90 Å². The van der Waals surface area contributed by atoms with Crippen LogP contribution in [0.2, 0.25) is 0 Å². The van der Waals surface area contributed by atoms with Gasteiger partial charge in [0.2, 0.25) is 0 Å². The zero-order valence-electron chi connectivity index (χ0n) is 6.91. The predicted molar refractivity (Wildman–Crippen MR) is 47.9 cm³/mol. The summed E-state index contributed by atoms with van der Waals surface area (Å²) in [4.78, 5) is 21.7. The Kier molecular flexibility index (Phi) is 1.74. The summed E-state index contributed by atoms with van der Waals surface area (Å²) in [6.07, 6.45) is 0. The zero-order chi connectivity index (χ0) is 10.1. The van der Waals surface area contributed by atoms with E-state index in [9.17, 15) is 9.70 Å². The van der Waals surface area contributed by atoms with Gasteiger partial charge in [-0.25, -0.2) is 4.79 Å². The van der Waals surface area contributed by atoms with E-state index < -0.39 is 5.97 Å². The number of nitrogens with zero attached hydrogens (tertiary/aromatic N) is 3. The number of benzene rings is 1. The van der Waals surface area contributed by atoms with E-state index in [1.165, 1.54) is 0 Å². The Balaban J connectivity index is 2.87. The molecule has 1 aromatic heterocycles. The van der Waals surface area contributed by atoms with E-state index in [4.69, 9.17) is 5.11 Å². The minimum Gasteiger partial charge on any atom is -0.476 e. The third-order valence-electron chi connectivity index (χ3n) is 1.84. The summed E-state index contributed by atoms with van der Waals surface area (Å²) in [6, 6.07) is 6.57. The number of hydrogen-bond acceptors (Lipinski definition) is 4. The molecule has 0 bridgehead atoms. The van der Waals surface area contributed by atoms with Gasteiger partial charge in [-0.3, -0.25) is 0 Å². The number of aromatic nitrogens is 2. The number of carboxylic acids is 1. The number of fused-ring (bicyclic) bond motifs is 1. The Labute approximate surface area is 77.7 Å². The van der Waals surface area contributed by atoms with Gasteiger partial charge in [-0.2, -0.15) is 0 Å². The molecule has 2 aromatic rings. The smallest absolute Gasteiger partial charge is 0.357 e. The van der Waals surface area contributed by atoms with E-state index in [2.05, 4.69) is 10.4 Å². The first-order valence-electron chi connectivity index (χ1n) is 3.78. The van der Waals surface area contributed by atoms with Crippen molar-refractivity contribution in [3.8, 4) is 0 Å². The second kappa shape index (κ2) is 2.91. The minimum atomic E-state index is -1.22. The predicted octanol–water partition coefficient (Wildman–Crippen LogP) is 1.26. The Morgan fingerprint density at radius 2 is 2.14 bits per heavy atom. The van der Waals surface area contributed by atoms with Crippen LogP contribution in [0.5, 0.6) is 0 Å². The molecule has 14 heavy (non-hydrogen) atoms. The van der Waals surface area contributed by atoms with Crippen LogP contribution in [0.1, 0.15) is 10.5 Å². The molecule has 6 nitrogen and oxygen atoms in total. The highest BCUT2D eigenvalue weighted by atomic mass is 16.4. The van der Waals surface area contributed by atoms with Gasteiger partial charge < -0.3 is 5.11 Å². The Bertz CT molecular complexity index is 518. The molecule has 0 aliphatic rings. The van der Waals surface area contributed by atoms with E-state index in [1.54, 1.807) is 24.3 Å². The molecule has 1 N–H and O–H groups in total. The fourth-order valence-corrected chi connectivity index (χ4v) is 1.28. The Morgan fingerprint density at radius 1 is 1.43 bits per heavy atom. The summed E-state index contributed by atoms with van der Waals surface area (Å²) in [5.74, 6) is -1.22. The van der Waals surface area contributed by atoms with Crippen molar-refractivity contribution in [2.45, 2.75) is 0 Å². The molecule has 0 spiro atoms. The lowest BCUT2D eigenvalue weighted by molar-refractivity contribution is 0.0686. The van der Waals surface area contributed by atoms with E-state index in [0.29, 0.717) is 15.7 Å². The second-order valence-corrected chi connectivity index (χ2v) is 2.64. The summed E-state index contributed by atoms with van der Waals surface area (Å²) in [7, 11) is 0. The van der Waals surface area contributed by atoms with Gasteiger partial charge in [-0.15, -0.1) is 14.8 Å². The molecule has 2 rings (SSSR count). The van der Waals surface area contributed by atoms with Gasteiger partial charge in [0, 0.05) is 5.39 Å². The van der Waals surface area contributed by atoms with E-state index in [1.807, 2.05) is 0 Å². The maximum absolute atomic E-state index is 10.8. The average molecular weight is 191 g/mol. The molecule has 0 aliphatic carbocycles. The Morgan fingerprint density at radius 3 is 2.79 bits per heavy atom. The molecule has 70 valence electrons. The third kappa shape index (κ3) is 1.05. The number of nitroso groups, excluding NO2 is 1. The number of carbonyl (C=O) groups is 1. The molecule has 0 amide bonds. The van der Waals surface area contributed by atoms with E-state index in [0.717, 1.165) is 0 Å². The molecule has 0 saturated carbocycles. The lowest BCUT2D eigenvalue weighted by Crippen LogP contribution is -2.04. The highest BCUT2D eigenvalue weighted by Crippen LogP contribution is 2.17. The SMILES string of the molecule is O=Nn1nc2ccccc2c1C(=O)O. The minimum absolute atomic E-state index is 0.212. The van der Waals surface area contributed by atoms with Gasteiger partial charge in [-0.1, -0.05) is 18.2 Å². The fraction of sp³-hybridized carbons (Fsp3) is 0. The van der Waals surface area contributed by atoms with Crippen molar-refractivity contribution in [3.63, 3.8) is 0 Å². The third-order valence-corrected chi connectivity index (χ3v) is 1.84. The topological polar surface area (TPSA) is 84.5 Å². The molecule has 0 radical (unpaired) electrons. The summed E-state index contributed by atoms with van der Waals surface area (Å²) >= 11 is 0. The van der Waals surface area contributed by atoms with Crippen LogP contribution in [0.3, 0.4) is 0 Å². The van der Waals surface area contributed by atoms with Crippen molar-refractivity contribution in [1.29, 1.82) is 0 Å². The second-order valence-electron chi connectivity index (χ2n) is 2.64. The quantitative estimate of drug-likeness (QED) is 0.724. The molecule has 0 unspecified atom stereocenters. The summed E-state index contributed by atoms with van der Waals surface area (Å²) in [6.45, 7) is 0. The van der Waals surface area contributed by atoms with Crippen LogP contribution in [-0.4, -0.2) is 21.0 Å². The molecule has 0 saturated heterocycles. The first-order chi connectivity index (χ1) is 6.74. The highest BCUT2D eigenvalue weighted by Gasteiger charge is 2.17. The van der Waals surface area contributed by atoms with Crippen LogP contribution in [0.15, 0.2) is 29.6 Å². The standard InChI is InChI=1S/C8H5N3O3/c12-8(13)7-5-3-1-2-4-6(5)9-11(7)10-14/h1-4H,(H,12,13). The zero-order valence-corrected chi connectivity index (χ0v) is 6.91. The molecule has 6 heteroatoms. The largest absolute Gasteiger partial charge is 0.476 e. The monoisotopic (exact) mass is 191 g/mol. The summed E-state index contributed by atoms with van der Waals surface area (Å²) < 4.78 is 0. The molecule has 1 aromatic carbocycles. The number of carboxylic acid groups (broad SMARTS) is 1. The highest BCUT2D eigenvalue weighted by molar-refractivity contribution is 6.01. The molecule has 0 atom stereocenters. The Hall–Kier alpha value is -2.24. The van der Waals surface area contributed by atoms with Crippen LogP contribution in [0.4, 0.5) is 0 Å². The first kappa shape index (κ1) is 8.36. The van der Waals surface area contributed by atoms with Gasteiger partial charge in [-0.05, 0) is 6.07 Å². The fourth-order valence-electron chi connectivity index (χ4n) is 1.28. The normalized spacial score (nSPS) is 10.3. The number of hydrogen-bond donors (Lipinski definition) is 1. The first-order valence-corrected chi connectivity index (χ1v) is 3.78. The summed E-state index contributed by atoms with van der Waals surface area (Å²) in [5, 5.41) is 15.4. The lowest BCUT2D eigenvalue weighted by Gasteiger charge is -1.90. The van der Waals surface area contributed by atoms with Gasteiger partial charge in [0.05, 0.1) is 10.8 Å². The maximum atomic E-state index is 10.8. The summed E-state index contributed by atoms with van der Waals surface area (Å²) in [5.41, 5.74) is 0.222. The molecule has 0 aliphatic heterocycles. The van der Waals surface area contributed by atoms with Crippen LogP contribution < -0.4 is 0 Å². The lowest BCUT2D eigenvalue weighted by atomic mass is 10.2. The molecule has 1 heterocycles. The van der Waals surface area contributed by atoms with E-state index >= 15 is 0 Å². The van der Waals surface area contributed by atoms with Crippen molar-refractivity contribution in [1.82, 2.24) is 9.89 Å². The van der Waals surface area contributed by atoms with E-state index in [-0.39, 0.29) is 5.69 Å². The van der Waals surface area contributed by atoms with Gasteiger partial charge in [0.25, 0.3) is 0 Å². The van der Waals surface area contributed by atoms with Crippen molar-refractivity contribution in [2.75, 3.05) is 0 Å². The van der Waals surface area contributed by atoms with Crippen molar-refractivity contribution >= 4 is 16.9 Å².